The topological polar surface area (TPSA) is 56.1 Å². The maximum absolute atomic E-state index is 12.3. The largest absolute Gasteiger partial charge is 0.370 e. The van der Waals surface area contributed by atoms with Gasteiger partial charge in [0.2, 0.25) is 0 Å². The number of hydrogen-bond donors (Lipinski definition) is 1. The number of fused-ring (bicyclic) bond motifs is 1. The maximum atomic E-state index is 12.3. The zero-order valence-electron chi connectivity index (χ0n) is 12.6. The highest BCUT2D eigenvalue weighted by molar-refractivity contribution is 6.09. The first kappa shape index (κ1) is 13.5. The van der Waals surface area contributed by atoms with Crippen molar-refractivity contribution in [3.63, 3.8) is 0 Å². The summed E-state index contributed by atoms with van der Waals surface area (Å²) in [5, 5.41) is 12.9. The van der Waals surface area contributed by atoms with E-state index >= 15 is 0 Å². The Bertz CT molecular complexity index is 699. The number of ketones is 1. The molecule has 4 heteroatoms. The molecule has 2 saturated heterocycles. The van der Waals surface area contributed by atoms with E-state index in [-0.39, 0.29) is 5.78 Å². The van der Waals surface area contributed by atoms with Crippen LogP contribution in [0.3, 0.4) is 0 Å². The third kappa shape index (κ3) is 1.97. The van der Waals surface area contributed by atoms with E-state index in [1.807, 2.05) is 24.3 Å². The number of nitriles is 1. The van der Waals surface area contributed by atoms with Gasteiger partial charge in [0.15, 0.2) is 5.78 Å². The Labute approximate surface area is 130 Å². The van der Waals surface area contributed by atoms with Crippen LogP contribution in [0.25, 0.3) is 5.70 Å². The van der Waals surface area contributed by atoms with Gasteiger partial charge < -0.3 is 10.2 Å². The summed E-state index contributed by atoms with van der Waals surface area (Å²) in [6.45, 7) is 4.09. The lowest BCUT2D eigenvalue weighted by Crippen LogP contribution is -2.58. The number of nitrogens with one attached hydrogen (secondary N) is 1. The van der Waals surface area contributed by atoms with Gasteiger partial charge in [-0.1, -0.05) is 24.3 Å². The third-order valence-electron chi connectivity index (χ3n) is 5.39. The molecule has 2 heterocycles. The van der Waals surface area contributed by atoms with E-state index in [2.05, 4.69) is 16.3 Å². The normalized spacial score (nSPS) is 23.0. The molecule has 0 saturated carbocycles. The fourth-order valence-electron chi connectivity index (χ4n) is 3.91. The number of piperidine rings is 1. The number of benzene rings is 1. The van der Waals surface area contributed by atoms with Gasteiger partial charge >= 0.3 is 0 Å². The van der Waals surface area contributed by atoms with Crippen LogP contribution in [0.1, 0.15) is 24.0 Å². The van der Waals surface area contributed by atoms with Crippen molar-refractivity contribution >= 4 is 11.5 Å². The summed E-state index contributed by atoms with van der Waals surface area (Å²) < 4.78 is 0. The highest BCUT2D eigenvalue weighted by Gasteiger charge is 2.41. The zero-order chi connectivity index (χ0) is 15.2. The van der Waals surface area contributed by atoms with Crippen LogP contribution in [0.15, 0.2) is 29.8 Å². The second-order valence-electron chi connectivity index (χ2n) is 6.68. The molecule has 2 fully saturated rings. The van der Waals surface area contributed by atoms with Crippen LogP contribution in [0.5, 0.6) is 0 Å². The Morgan fingerprint density at radius 2 is 1.91 bits per heavy atom. The van der Waals surface area contributed by atoms with Crippen LogP contribution in [0, 0.1) is 16.7 Å². The fourth-order valence-corrected chi connectivity index (χ4v) is 3.91. The van der Waals surface area contributed by atoms with Gasteiger partial charge in [-0.25, -0.2) is 0 Å². The van der Waals surface area contributed by atoms with Crippen LogP contribution >= 0.6 is 0 Å². The van der Waals surface area contributed by atoms with Crippen molar-refractivity contribution < 1.29 is 4.79 Å². The summed E-state index contributed by atoms with van der Waals surface area (Å²) in [5.74, 6) is -0.0400. The van der Waals surface area contributed by atoms with Crippen LogP contribution in [0.2, 0.25) is 0 Å². The summed E-state index contributed by atoms with van der Waals surface area (Å²) >= 11 is 0. The summed E-state index contributed by atoms with van der Waals surface area (Å²) in [5.41, 5.74) is 3.80. The average molecular weight is 293 g/mol. The predicted molar refractivity (Wildman–Crippen MR) is 83.8 cm³/mol. The number of allylic oxidation sites excluding steroid dienone is 1. The highest BCUT2D eigenvalue weighted by Crippen LogP contribution is 2.40. The molecule has 112 valence electrons. The van der Waals surface area contributed by atoms with Crippen LogP contribution in [-0.4, -0.2) is 36.9 Å². The van der Waals surface area contributed by atoms with Gasteiger partial charge in [-0.05, 0) is 23.8 Å². The van der Waals surface area contributed by atoms with Gasteiger partial charge in [0.25, 0.3) is 0 Å². The molecule has 1 aromatic rings. The van der Waals surface area contributed by atoms with Crippen LogP contribution in [0.4, 0.5) is 0 Å². The number of nitrogens with zero attached hydrogens (tertiary/aromatic N) is 2. The molecule has 0 atom stereocenters. The van der Waals surface area contributed by atoms with Crippen molar-refractivity contribution in [2.75, 3.05) is 26.2 Å². The molecule has 1 aliphatic carbocycles. The molecule has 3 aliphatic rings. The Kier molecular flexibility index (Phi) is 3.05. The number of likely N-dealkylation sites (tertiary alicyclic amines) is 1. The number of carbonyl (C=O) groups excluding carboxylic acids is 1. The monoisotopic (exact) mass is 293 g/mol. The maximum Gasteiger partial charge on any atom is 0.179 e. The first-order chi connectivity index (χ1) is 10.7. The first-order valence-electron chi connectivity index (χ1n) is 7.94. The van der Waals surface area contributed by atoms with Crippen molar-refractivity contribution in [2.24, 2.45) is 5.41 Å². The van der Waals surface area contributed by atoms with E-state index in [4.69, 9.17) is 0 Å². The molecule has 0 radical (unpaired) electrons. The average Bonchev–Trinajstić information content (AvgIpc) is 2.52. The molecule has 1 aromatic carbocycles. The van der Waals surface area contributed by atoms with Gasteiger partial charge in [-0.2, -0.15) is 5.26 Å². The Morgan fingerprint density at radius 3 is 2.55 bits per heavy atom. The lowest BCUT2D eigenvalue weighted by atomic mass is 9.73. The highest BCUT2D eigenvalue weighted by atomic mass is 16.1. The molecule has 22 heavy (non-hydrogen) atoms. The van der Waals surface area contributed by atoms with Crippen LogP contribution in [-0.2, 0) is 11.2 Å². The molecule has 1 N–H and O–H groups in total. The molecular weight excluding hydrogens is 274 g/mol. The zero-order valence-corrected chi connectivity index (χ0v) is 12.6. The molecule has 0 unspecified atom stereocenters. The van der Waals surface area contributed by atoms with E-state index in [0.717, 1.165) is 55.8 Å². The number of rotatable bonds is 1. The summed E-state index contributed by atoms with van der Waals surface area (Å²) in [7, 11) is 0. The van der Waals surface area contributed by atoms with Crippen molar-refractivity contribution in [3.8, 4) is 6.07 Å². The van der Waals surface area contributed by atoms with Gasteiger partial charge in [0, 0.05) is 38.2 Å². The Hall–Kier alpha value is -2.12. The molecule has 0 bridgehead atoms. The minimum atomic E-state index is -0.0400. The van der Waals surface area contributed by atoms with Crippen LogP contribution < -0.4 is 5.32 Å². The standard InChI is InChI=1S/C18H19N3O/c19-10-15-16(22)9-13-3-1-2-4-14(13)17(15)21-7-5-18(6-8-21)11-20-12-18/h1-4,20H,5-9,11-12H2. The van der Waals surface area contributed by atoms with Gasteiger partial charge in [0.05, 0.1) is 5.70 Å². The summed E-state index contributed by atoms with van der Waals surface area (Å²) in [6, 6.07) is 10.2. The van der Waals surface area contributed by atoms with Crippen molar-refractivity contribution in [2.45, 2.75) is 19.3 Å². The Balaban J connectivity index is 1.71. The molecule has 0 aromatic heterocycles. The van der Waals surface area contributed by atoms with Gasteiger partial charge in [-0.15, -0.1) is 0 Å². The molecule has 4 rings (SSSR count). The Morgan fingerprint density at radius 1 is 1.18 bits per heavy atom. The minimum absolute atomic E-state index is 0.0400. The lowest BCUT2D eigenvalue weighted by molar-refractivity contribution is -0.114. The van der Waals surface area contributed by atoms with E-state index in [1.54, 1.807) is 0 Å². The van der Waals surface area contributed by atoms with E-state index in [1.165, 1.54) is 0 Å². The summed E-state index contributed by atoms with van der Waals surface area (Å²) in [6.07, 6.45) is 2.63. The number of hydrogen-bond acceptors (Lipinski definition) is 4. The van der Waals surface area contributed by atoms with Crippen molar-refractivity contribution in [3.05, 3.63) is 41.0 Å². The molecule has 0 amide bonds. The van der Waals surface area contributed by atoms with Gasteiger partial charge in [-0.3, -0.25) is 4.79 Å². The molecule has 4 nitrogen and oxygen atoms in total. The predicted octanol–water partition coefficient (Wildman–Crippen LogP) is 1.73. The van der Waals surface area contributed by atoms with E-state index < -0.39 is 0 Å². The number of Topliss-reactive ketones (excluding diaryl/α,β-unsaturated/α-hetero) is 1. The second kappa shape index (κ2) is 4.96. The third-order valence-corrected chi connectivity index (χ3v) is 5.39. The molecule has 1 spiro atoms. The number of carbonyl (C=O) groups is 1. The second-order valence-corrected chi connectivity index (χ2v) is 6.68. The first-order valence-corrected chi connectivity index (χ1v) is 7.94. The van der Waals surface area contributed by atoms with Crippen molar-refractivity contribution in [1.29, 1.82) is 5.26 Å². The van der Waals surface area contributed by atoms with E-state index in [9.17, 15) is 10.1 Å². The fraction of sp³-hybridized carbons (Fsp3) is 0.444. The van der Waals surface area contributed by atoms with E-state index in [0.29, 0.717) is 17.4 Å². The minimum Gasteiger partial charge on any atom is -0.370 e. The smallest absolute Gasteiger partial charge is 0.179 e. The SMILES string of the molecule is N#CC1=C(N2CCC3(CC2)CNC3)c2ccccc2CC1=O. The van der Waals surface area contributed by atoms with Crippen molar-refractivity contribution in [1.82, 2.24) is 10.2 Å². The van der Waals surface area contributed by atoms with Gasteiger partial charge in [0.1, 0.15) is 11.6 Å². The lowest BCUT2D eigenvalue weighted by Gasteiger charge is -2.49. The quantitative estimate of drug-likeness (QED) is 0.857. The molecule has 2 aliphatic heterocycles. The molecular formula is C18H19N3O. The summed E-state index contributed by atoms with van der Waals surface area (Å²) in [4.78, 5) is 14.6.